The molecular weight excluding hydrogens is 488 g/mol. The molecule has 0 radical (unpaired) electrons. The summed E-state index contributed by atoms with van der Waals surface area (Å²) >= 11 is 1.91. The van der Waals surface area contributed by atoms with Crippen LogP contribution in [-0.2, 0) is 0 Å². The molecule has 1 heterocycles. The highest BCUT2D eigenvalue weighted by Gasteiger charge is 2.31. The van der Waals surface area contributed by atoms with E-state index in [1.54, 1.807) is 0 Å². The molecule has 8 aromatic rings. The fourth-order valence-electron chi connectivity index (χ4n) is 6.89. The van der Waals surface area contributed by atoms with Crippen molar-refractivity contribution in [3.05, 3.63) is 133 Å². The van der Waals surface area contributed by atoms with Gasteiger partial charge in [0.15, 0.2) is 0 Å². The highest BCUT2D eigenvalue weighted by Crippen LogP contribution is 2.59. The molecule has 0 amide bonds. The summed E-state index contributed by atoms with van der Waals surface area (Å²) in [5.41, 5.74) is 10.6. The molecule has 39 heavy (non-hydrogen) atoms. The number of rotatable bonds is 2. The van der Waals surface area contributed by atoms with Gasteiger partial charge in [-0.2, -0.15) is 0 Å². The minimum Gasteiger partial charge on any atom is -0.135 e. The Hall–Kier alpha value is -4.72. The van der Waals surface area contributed by atoms with Crippen LogP contribution < -0.4 is 0 Å². The van der Waals surface area contributed by atoms with Crippen molar-refractivity contribution in [2.24, 2.45) is 0 Å². The summed E-state index contributed by atoms with van der Waals surface area (Å²) in [6, 6.07) is 49.2. The number of fused-ring (bicyclic) bond motifs is 8. The molecule has 1 aliphatic rings. The van der Waals surface area contributed by atoms with Gasteiger partial charge in [-0.15, -0.1) is 11.3 Å². The first kappa shape index (κ1) is 21.2. The summed E-state index contributed by atoms with van der Waals surface area (Å²) in [7, 11) is 0. The van der Waals surface area contributed by atoms with Crippen LogP contribution in [0.3, 0.4) is 0 Å². The molecule has 180 valence electrons. The highest BCUT2D eigenvalue weighted by atomic mass is 32.1. The zero-order valence-electron chi connectivity index (χ0n) is 21.1. The van der Waals surface area contributed by atoms with E-state index in [9.17, 15) is 0 Å². The SMILES string of the molecule is c1ccc(-c2c3c(c(-c4ccccc4)c4ccccc24)-c2cc4sc5ccccc5c4c4cccc-3c24)cc1. The van der Waals surface area contributed by atoms with Crippen LogP contribution in [-0.4, -0.2) is 0 Å². The summed E-state index contributed by atoms with van der Waals surface area (Å²) < 4.78 is 2.71. The van der Waals surface area contributed by atoms with Crippen LogP contribution in [0.25, 0.3) is 86.2 Å². The molecule has 0 fully saturated rings. The third kappa shape index (κ3) is 2.83. The van der Waals surface area contributed by atoms with Gasteiger partial charge in [0.1, 0.15) is 0 Å². The lowest BCUT2D eigenvalue weighted by Gasteiger charge is -2.20. The van der Waals surface area contributed by atoms with Crippen LogP contribution in [0.5, 0.6) is 0 Å². The molecule has 0 bridgehead atoms. The average Bonchev–Trinajstić information content (AvgIpc) is 3.54. The maximum atomic E-state index is 2.48. The van der Waals surface area contributed by atoms with Crippen LogP contribution in [0.2, 0.25) is 0 Å². The predicted molar refractivity (Wildman–Crippen MR) is 170 cm³/mol. The van der Waals surface area contributed by atoms with E-state index in [0.717, 1.165) is 0 Å². The van der Waals surface area contributed by atoms with Crippen LogP contribution in [0.4, 0.5) is 0 Å². The lowest BCUT2D eigenvalue weighted by atomic mass is 9.82. The third-order valence-electron chi connectivity index (χ3n) is 8.38. The van der Waals surface area contributed by atoms with E-state index in [-0.39, 0.29) is 0 Å². The largest absolute Gasteiger partial charge is 0.135 e. The van der Waals surface area contributed by atoms with Gasteiger partial charge < -0.3 is 0 Å². The molecule has 0 unspecified atom stereocenters. The summed E-state index contributed by atoms with van der Waals surface area (Å²) in [6.45, 7) is 0. The van der Waals surface area contributed by atoms with Crippen molar-refractivity contribution in [2.45, 2.75) is 0 Å². The average molecular weight is 511 g/mol. The summed E-state index contributed by atoms with van der Waals surface area (Å²) in [4.78, 5) is 0. The molecule has 0 saturated heterocycles. The van der Waals surface area contributed by atoms with Crippen molar-refractivity contribution in [2.75, 3.05) is 0 Å². The van der Waals surface area contributed by atoms with Gasteiger partial charge in [0, 0.05) is 20.2 Å². The lowest BCUT2D eigenvalue weighted by molar-refractivity contribution is 1.62. The van der Waals surface area contributed by atoms with Gasteiger partial charge in [-0.1, -0.05) is 121 Å². The highest BCUT2D eigenvalue weighted by molar-refractivity contribution is 7.26. The summed E-state index contributed by atoms with van der Waals surface area (Å²) in [5.74, 6) is 0. The van der Waals surface area contributed by atoms with E-state index in [0.29, 0.717) is 0 Å². The zero-order chi connectivity index (χ0) is 25.5. The minimum absolute atomic E-state index is 1.27. The van der Waals surface area contributed by atoms with E-state index in [1.807, 2.05) is 11.3 Å². The first-order valence-electron chi connectivity index (χ1n) is 13.5. The van der Waals surface area contributed by atoms with E-state index in [4.69, 9.17) is 0 Å². The van der Waals surface area contributed by atoms with Gasteiger partial charge >= 0.3 is 0 Å². The standard InChI is InChI=1S/C38H22S/c1-3-12-23(13-4-1)33-25-16-7-8-17-26(25)34(24-14-5-2-6-15-24)38-30-22-32-36(27-18-9-10-21-31(27)39-32)28-19-11-20-29(35(28)30)37(33)38/h1-22H. The molecule has 0 atom stereocenters. The number of thiophene rings is 1. The Balaban J connectivity index is 1.56. The minimum atomic E-state index is 1.27. The van der Waals surface area contributed by atoms with Crippen molar-refractivity contribution >= 4 is 53.1 Å². The molecule has 1 aliphatic carbocycles. The van der Waals surface area contributed by atoms with E-state index in [1.165, 1.54) is 86.2 Å². The molecule has 0 spiro atoms. The number of hydrogen-bond donors (Lipinski definition) is 0. The lowest BCUT2D eigenvalue weighted by Crippen LogP contribution is -1.93. The Morgan fingerprint density at radius 3 is 1.54 bits per heavy atom. The van der Waals surface area contributed by atoms with Crippen molar-refractivity contribution in [3.63, 3.8) is 0 Å². The molecular formula is C38H22S. The van der Waals surface area contributed by atoms with Gasteiger partial charge in [0.25, 0.3) is 0 Å². The second-order valence-electron chi connectivity index (χ2n) is 10.4. The smallest absolute Gasteiger partial charge is 0.0368 e. The second kappa shape index (κ2) is 7.89. The van der Waals surface area contributed by atoms with Gasteiger partial charge in [0.2, 0.25) is 0 Å². The normalized spacial score (nSPS) is 12.1. The van der Waals surface area contributed by atoms with Gasteiger partial charge in [-0.05, 0) is 78.2 Å². The maximum Gasteiger partial charge on any atom is 0.0368 e. The Morgan fingerprint density at radius 2 is 0.872 bits per heavy atom. The van der Waals surface area contributed by atoms with E-state index >= 15 is 0 Å². The van der Waals surface area contributed by atoms with Crippen LogP contribution >= 0.6 is 11.3 Å². The van der Waals surface area contributed by atoms with Crippen molar-refractivity contribution in [1.82, 2.24) is 0 Å². The van der Waals surface area contributed by atoms with Crippen molar-refractivity contribution in [1.29, 1.82) is 0 Å². The zero-order valence-corrected chi connectivity index (χ0v) is 21.9. The first-order chi connectivity index (χ1) is 19.4. The summed E-state index contributed by atoms with van der Waals surface area (Å²) in [5, 5.41) is 8.09. The molecule has 0 nitrogen and oxygen atoms in total. The van der Waals surface area contributed by atoms with Gasteiger partial charge in [-0.25, -0.2) is 0 Å². The Kier molecular flexibility index (Phi) is 4.30. The van der Waals surface area contributed by atoms with Crippen molar-refractivity contribution < 1.29 is 0 Å². The number of benzene rings is 7. The monoisotopic (exact) mass is 510 g/mol. The molecule has 0 N–H and O–H groups in total. The Labute approximate surface area is 230 Å². The molecule has 0 saturated carbocycles. The topological polar surface area (TPSA) is 0 Å². The fraction of sp³-hybridized carbons (Fsp3) is 0. The van der Waals surface area contributed by atoms with Gasteiger partial charge in [-0.3, -0.25) is 0 Å². The van der Waals surface area contributed by atoms with E-state index < -0.39 is 0 Å². The van der Waals surface area contributed by atoms with Crippen LogP contribution in [0, 0.1) is 0 Å². The second-order valence-corrected chi connectivity index (χ2v) is 11.5. The third-order valence-corrected chi connectivity index (χ3v) is 9.50. The maximum absolute atomic E-state index is 2.48. The predicted octanol–water partition coefficient (Wildman–Crippen LogP) is 11.3. The van der Waals surface area contributed by atoms with Gasteiger partial charge in [0.05, 0.1) is 0 Å². The van der Waals surface area contributed by atoms with Crippen LogP contribution in [0.1, 0.15) is 0 Å². The number of hydrogen-bond acceptors (Lipinski definition) is 1. The molecule has 0 aliphatic heterocycles. The fourth-order valence-corrected chi connectivity index (χ4v) is 8.05. The van der Waals surface area contributed by atoms with Crippen LogP contribution in [0.15, 0.2) is 133 Å². The summed E-state index contributed by atoms with van der Waals surface area (Å²) in [6.07, 6.45) is 0. The quantitative estimate of drug-likeness (QED) is 0.217. The molecule has 1 heteroatoms. The molecule has 9 rings (SSSR count). The Morgan fingerprint density at radius 1 is 0.333 bits per heavy atom. The Bertz CT molecular complexity index is 2250. The molecule has 1 aromatic heterocycles. The van der Waals surface area contributed by atoms with Crippen molar-refractivity contribution in [3.8, 4) is 44.5 Å². The van der Waals surface area contributed by atoms with E-state index in [2.05, 4.69) is 133 Å². The molecule has 7 aromatic carbocycles. The first-order valence-corrected chi connectivity index (χ1v) is 14.3.